The fourth-order valence-corrected chi connectivity index (χ4v) is 3.75. The number of nitrogens with zero attached hydrogens (tertiary/aromatic N) is 1. The highest BCUT2D eigenvalue weighted by Crippen LogP contribution is 2.25. The number of carbonyl (C=O) groups is 1. The Labute approximate surface area is 149 Å². The predicted molar refractivity (Wildman–Crippen MR) is 99.8 cm³/mol. The van der Waals surface area contributed by atoms with Gasteiger partial charge in [0.25, 0.3) is 5.91 Å². The molecule has 4 aromatic rings. The van der Waals surface area contributed by atoms with Crippen molar-refractivity contribution >= 4 is 27.3 Å². The van der Waals surface area contributed by atoms with Gasteiger partial charge in [-0.2, -0.15) is 0 Å². The minimum atomic E-state index is -0.241. The fraction of sp³-hybridized carbons (Fsp3) is 0.100. The van der Waals surface area contributed by atoms with Gasteiger partial charge in [-0.25, -0.2) is 0 Å². The van der Waals surface area contributed by atoms with Crippen molar-refractivity contribution in [2.75, 3.05) is 6.54 Å². The van der Waals surface area contributed by atoms with Gasteiger partial charge in [0.2, 0.25) is 5.76 Å². The van der Waals surface area contributed by atoms with Crippen LogP contribution in [0.5, 0.6) is 0 Å². The van der Waals surface area contributed by atoms with Gasteiger partial charge in [0, 0.05) is 22.9 Å². The number of aromatic nitrogens is 1. The van der Waals surface area contributed by atoms with Crippen LogP contribution in [0.3, 0.4) is 0 Å². The third kappa shape index (κ3) is 3.32. The molecule has 5 heteroatoms. The van der Waals surface area contributed by atoms with Crippen LogP contribution in [-0.4, -0.2) is 17.6 Å². The zero-order chi connectivity index (χ0) is 17.1. The van der Waals surface area contributed by atoms with Gasteiger partial charge in [-0.3, -0.25) is 4.79 Å². The molecule has 0 spiro atoms. The van der Waals surface area contributed by atoms with E-state index in [0.29, 0.717) is 12.2 Å². The second kappa shape index (κ2) is 6.91. The van der Waals surface area contributed by atoms with Gasteiger partial charge in [-0.1, -0.05) is 53.7 Å². The van der Waals surface area contributed by atoms with Crippen molar-refractivity contribution in [2.45, 2.75) is 6.42 Å². The third-order valence-electron chi connectivity index (χ3n) is 4.04. The Bertz CT molecular complexity index is 1000. The molecule has 0 aliphatic heterocycles. The summed E-state index contributed by atoms with van der Waals surface area (Å²) in [5.41, 5.74) is 2.84. The number of thiophene rings is 1. The summed E-state index contributed by atoms with van der Waals surface area (Å²) in [5, 5.41) is 10.3. The van der Waals surface area contributed by atoms with Crippen LogP contribution in [0.25, 0.3) is 21.3 Å². The summed E-state index contributed by atoms with van der Waals surface area (Å²) in [7, 11) is 0. The summed E-state index contributed by atoms with van der Waals surface area (Å²) in [6.45, 7) is 0.556. The normalized spacial score (nSPS) is 10.9. The van der Waals surface area contributed by atoms with E-state index in [1.54, 1.807) is 17.4 Å². The third-order valence-corrected chi connectivity index (χ3v) is 5.06. The minimum Gasteiger partial charge on any atom is -0.350 e. The Balaban J connectivity index is 1.39. The molecule has 0 fully saturated rings. The monoisotopic (exact) mass is 348 g/mol. The molecule has 2 heterocycles. The number of amides is 1. The number of hydrogen-bond acceptors (Lipinski definition) is 4. The van der Waals surface area contributed by atoms with E-state index in [1.165, 1.54) is 15.6 Å². The van der Waals surface area contributed by atoms with Crippen LogP contribution >= 0.6 is 11.3 Å². The van der Waals surface area contributed by atoms with Gasteiger partial charge in [-0.15, -0.1) is 11.3 Å². The van der Waals surface area contributed by atoms with E-state index in [4.69, 9.17) is 4.52 Å². The lowest BCUT2D eigenvalue weighted by Gasteiger charge is -2.02. The Morgan fingerprint density at radius 3 is 2.76 bits per heavy atom. The molecule has 0 aliphatic rings. The highest BCUT2D eigenvalue weighted by atomic mass is 32.1. The Kier molecular flexibility index (Phi) is 4.31. The van der Waals surface area contributed by atoms with Crippen LogP contribution in [0.2, 0.25) is 0 Å². The van der Waals surface area contributed by atoms with Gasteiger partial charge in [0.05, 0.1) is 0 Å². The largest absolute Gasteiger partial charge is 0.350 e. The summed E-state index contributed by atoms with van der Waals surface area (Å²) < 4.78 is 6.45. The van der Waals surface area contributed by atoms with E-state index in [2.05, 4.69) is 28.0 Å². The van der Waals surface area contributed by atoms with Crippen molar-refractivity contribution in [3.63, 3.8) is 0 Å². The van der Waals surface area contributed by atoms with Gasteiger partial charge < -0.3 is 9.84 Å². The van der Waals surface area contributed by atoms with E-state index in [-0.39, 0.29) is 11.7 Å². The van der Waals surface area contributed by atoms with Gasteiger partial charge in [0.1, 0.15) is 5.69 Å². The zero-order valence-corrected chi connectivity index (χ0v) is 14.3. The fourth-order valence-electron chi connectivity index (χ4n) is 2.75. The van der Waals surface area contributed by atoms with E-state index in [1.807, 2.05) is 42.5 Å². The molecule has 2 aromatic heterocycles. The lowest BCUT2D eigenvalue weighted by Crippen LogP contribution is -2.25. The molecular formula is C20H16N2O2S. The first-order chi connectivity index (χ1) is 12.3. The molecule has 0 aliphatic carbocycles. The average Bonchev–Trinajstić information content (AvgIpc) is 3.30. The highest BCUT2D eigenvalue weighted by Gasteiger charge is 2.13. The molecule has 2 aromatic carbocycles. The average molecular weight is 348 g/mol. The second-order valence-corrected chi connectivity index (χ2v) is 6.62. The molecule has 124 valence electrons. The number of hydrogen-bond donors (Lipinski definition) is 1. The first-order valence-electron chi connectivity index (χ1n) is 8.07. The molecule has 0 unspecified atom stereocenters. The zero-order valence-electron chi connectivity index (χ0n) is 13.4. The summed E-state index contributed by atoms with van der Waals surface area (Å²) in [6.07, 6.45) is 0.787. The number of carbonyl (C=O) groups excluding carboxylic acids is 1. The summed E-state index contributed by atoms with van der Waals surface area (Å²) in [6, 6.07) is 19.6. The van der Waals surface area contributed by atoms with Crippen molar-refractivity contribution in [1.29, 1.82) is 0 Å². The quantitative estimate of drug-likeness (QED) is 0.576. The molecule has 25 heavy (non-hydrogen) atoms. The van der Waals surface area contributed by atoms with Gasteiger partial charge in [-0.05, 0) is 28.8 Å². The van der Waals surface area contributed by atoms with Gasteiger partial charge in [0.15, 0.2) is 0 Å². The van der Waals surface area contributed by atoms with E-state index in [9.17, 15) is 4.79 Å². The van der Waals surface area contributed by atoms with Crippen LogP contribution in [-0.2, 0) is 6.42 Å². The van der Waals surface area contributed by atoms with Crippen molar-refractivity contribution in [3.8, 4) is 11.3 Å². The van der Waals surface area contributed by atoms with E-state index >= 15 is 0 Å². The summed E-state index contributed by atoms with van der Waals surface area (Å²) >= 11 is 1.73. The molecule has 1 amide bonds. The first-order valence-corrected chi connectivity index (χ1v) is 8.95. The van der Waals surface area contributed by atoms with Crippen molar-refractivity contribution in [1.82, 2.24) is 10.5 Å². The maximum absolute atomic E-state index is 12.2. The molecule has 4 nitrogen and oxygen atoms in total. The molecule has 0 atom stereocenters. The lowest BCUT2D eigenvalue weighted by molar-refractivity contribution is 0.0917. The molecule has 0 radical (unpaired) electrons. The standard InChI is InChI=1S/C20H16N2O2S/c23-20(18-12-17(22-24-18)14-6-2-1-3-7-14)21-11-10-15-13-25-19-9-5-4-8-16(15)19/h1-9,12-13H,10-11H2,(H,21,23). The Hall–Kier alpha value is -2.92. The summed E-state index contributed by atoms with van der Waals surface area (Å²) in [5.74, 6) is -0.0109. The molecule has 1 N–H and O–H groups in total. The summed E-state index contributed by atoms with van der Waals surface area (Å²) in [4.78, 5) is 12.2. The maximum Gasteiger partial charge on any atom is 0.289 e. The van der Waals surface area contributed by atoms with Crippen molar-refractivity contribution < 1.29 is 9.32 Å². The number of fused-ring (bicyclic) bond motifs is 1. The van der Waals surface area contributed by atoms with Crippen molar-refractivity contribution in [3.05, 3.63) is 77.4 Å². The lowest BCUT2D eigenvalue weighted by atomic mass is 10.1. The molecular weight excluding hydrogens is 332 g/mol. The predicted octanol–water partition coefficient (Wildman–Crippen LogP) is 4.53. The maximum atomic E-state index is 12.2. The molecule has 4 rings (SSSR count). The number of nitrogens with one attached hydrogen (secondary N) is 1. The number of benzene rings is 2. The minimum absolute atomic E-state index is 0.231. The SMILES string of the molecule is O=C(NCCc1csc2ccccc12)c1cc(-c2ccccc2)no1. The van der Waals surface area contributed by atoms with Crippen LogP contribution < -0.4 is 5.32 Å². The Morgan fingerprint density at radius 2 is 1.88 bits per heavy atom. The van der Waals surface area contributed by atoms with Crippen molar-refractivity contribution in [2.24, 2.45) is 0 Å². The smallest absolute Gasteiger partial charge is 0.289 e. The van der Waals surface area contributed by atoms with E-state index in [0.717, 1.165) is 12.0 Å². The van der Waals surface area contributed by atoms with Crippen LogP contribution in [0.15, 0.2) is 70.6 Å². The second-order valence-electron chi connectivity index (χ2n) is 5.71. The van der Waals surface area contributed by atoms with E-state index < -0.39 is 0 Å². The van der Waals surface area contributed by atoms with Crippen LogP contribution in [0, 0.1) is 0 Å². The van der Waals surface area contributed by atoms with Gasteiger partial charge >= 0.3 is 0 Å². The van der Waals surface area contributed by atoms with Crippen LogP contribution in [0.4, 0.5) is 0 Å². The highest BCUT2D eigenvalue weighted by molar-refractivity contribution is 7.17. The molecule has 0 saturated carbocycles. The number of rotatable bonds is 5. The van der Waals surface area contributed by atoms with Crippen LogP contribution in [0.1, 0.15) is 16.1 Å². The Morgan fingerprint density at radius 1 is 1.08 bits per heavy atom. The first kappa shape index (κ1) is 15.6. The topological polar surface area (TPSA) is 55.1 Å². The molecule has 0 saturated heterocycles. The molecule has 0 bridgehead atoms.